The van der Waals surface area contributed by atoms with Gasteiger partial charge >= 0.3 is 0 Å². The third-order valence-corrected chi connectivity index (χ3v) is 5.17. The van der Waals surface area contributed by atoms with Crippen molar-refractivity contribution in [1.82, 2.24) is 24.3 Å². The summed E-state index contributed by atoms with van der Waals surface area (Å²) in [5.41, 5.74) is 3.32. The predicted molar refractivity (Wildman–Crippen MR) is 116 cm³/mol. The molecule has 30 heavy (non-hydrogen) atoms. The number of benzene rings is 1. The molecule has 0 saturated carbocycles. The van der Waals surface area contributed by atoms with Crippen molar-refractivity contribution < 1.29 is 4.79 Å². The fourth-order valence-corrected chi connectivity index (χ4v) is 3.62. The Morgan fingerprint density at radius 1 is 1.10 bits per heavy atom. The zero-order chi connectivity index (χ0) is 20.9. The van der Waals surface area contributed by atoms with Crippen LogP contribution in [0.5, 0.6) is 0 Å². The van der Waals surface area contributed by atoms with E-state index in [1.54, 1.807) is 43.1 Å². The van der Waals surface area contributed by atoms with E-state index in [-0.39, 0.29) is 5.91 Å². The van der Waals surface area contributed by atoms with Crippen LogP contribution >= 0.6 is 0 Å². The van der Waals surface area contributed by atoms with Crippen molar-refractivity contribution in [3.63, 3.8) is 0 Å². The van der Waals surface area contributed by atoms with Crippen molar-refractivity contribution in [3.05, 3.63) is 72.6 Å². The topological polar surface area (TPSA) is 85.1 Å². The van der Waals surface area contributed by atoms with E-state index in [4.69, 9.17) is 4.98 Å². The van der Waals surface area contributed by atoms with Crippen molar-refractivity contribution in [2.75, 3.05) is 5.32 Å². The van der Waals surface area contributed by atoms with Gasteiger partial charge in [0, 0.05) is 23.2 Å². The number of aromatic nitrogens is 5. The van der Waals surface area contributed by atoms with E-state index in [0.29, 0.717) is 17.3 Å². The molecule has 0 aliphatic carbocycles. The summed E-state index contributed by atoms with van der Waals surface area (Å²) in [6, 6.07) is 12.8. The van der Waals surface area contributed by atoms with Crippen LogP contribution in [-0.4, -0.2) is 30.2 Å². The Labute approximate surface area is 175 Å². The summed E-state index contributed by atoms with van der Waals surface area (Å²) in [4.78, 5) is 30.2. The highest BCUT2D eigenvalue weighted by Gasteiger charge is 2.20. The molecule has 7 heteroatoms. The van der Waals surface area contributed by atoms with Crippen LogP contribution in [0.2, 0.25) is 0 Å². The van der Waals surface area contributed by atoms with Crippen LogP contribution in [0, 0.1) is 0 Å². The molecular weight excluding hydrogens is 376 g/mol. The Bertz CT molecular complexity index is 1140. The van der Waals surface area contributed by atoms with Crippen LogP contribution < -0.4 is 5.32 Å². The smallest absolute Gasteiger partial charge is 0.256 e. The van der Waals surface area contributed by atoms with Gasteiger partial charge in [0.15, 0.2) is 5.65 Å². The van der Waals surface area contributed by atoms with Gasteiger partial charge < -0.3 is 5.32 Å². The fourth-order valence-electron chi connectivity index (χ4n) is 3.62. The zero-order valence-electron chi connectivity index (χ0n) is 17.1. The first-order valence-corrected chi connectivity index (χ1v) is 10.2. The number of pyridine rings is 1. The molecule has 0 fully saturated rings. The molecule has 152 valence electrons. The summed E-state index contributed by atoms with van der Waals surface area (Å²) < 4.78 is 1.93. The molecule has 0 aliphatic heterocycles. The number of nitrogens with one attached hydrogen (secondary N) is 1. The number of nitrogens with zero attached hydrogens (tertiary/aromatic N) is 5. The summed E-state index contributed by atoms with van der Waals surface area (Å²) in [7, 11) is 0. The van der Waals surface area contributed by atoms with Crippen LogP contribution in [0.25, 0.3) is 17.0 Å². The molecule has 3 heterocycles. The van der Waals surface area contributed by atoms with Crippen LogP contribution in [0.4, 0.5) is 5.82 Å². The first kappa shape index (κ1) is 19.7. The zero-order valence-corrected chi connectivity index (χ0v) is 17.1. The maximum atomic E-state index is 12.5. The third kappa shape index (κ3) is 3.91. The van der Waals surface area contributed by atoms with E-state index in [9.17, 15) is 4.79 Å². The van der Waals surface area contributed by atoms with Crippen molar-refractivity contribution in [2.24, 2.45) is 0 Å². The van der Waals surface area contributed by atoms with Crippen molar-refractivity contribution in [1.29, 1.82) is 0 Å². The van der Waals surface area contributed by atoms with Crippen LogP contribution in [0.1, 0.15) is 55.1 Å². The van der Waals surface area contributed by atoms with Crippen molar-refractivity contribution in [2.45, 2.75) is 39.0 Å². The molecule has 0 spiro atoms. The summed E-state index contributed by atoms with van der Waals surface area (Å²) in [5, 5.41) is 2.80. The van der Waals surface area contributed by atoms with Crippen molar-refractivity contribution in [3.8, 4) is 11.4 Å². The van der Waals surface area contributed by atoms with Crippen LogP contribution in [0.15, 0.2) is 61.3 Å². The summed E-state index contributed by atoms with van der Waals surface area (Å²) in [5.74, 6) is 1.46. The number of hydrogen-bond acceptors (Lipinski definition) is 5. The Morgan fingerprint density at radius 2 is 1.93 bits per heavy atom. The quantitative estimate of drug-likeness (QED) is 0.485. The molecule has 4 rings (SSSR count). The van der Waals surface area contributed by atoms with E-state index < -0.39 is 0 Å². The first-order chi connectivity index (χ1) is 14.7. The fraction of sp³-hybridized carbons (Fsp3) is 0.261. The second kappa shape index (κ2) is 8.82. The normalized spacial score (nSPS) is 12.1. The largest absolute Gasteiger partial charge is 0.307 e. The lowest BCUT2D eigenvalue weighted by Crippen LogP contribution is -2.12. The molecule has 0 saturated heterocycles. The average Bonchev–Trinajstić information content (AvgIpc) is 3.18. The molecule has 1 unspecified atom stereocenters. The number of amides is 1. The molecule has 1 amide bonds. The molecule has 4 aromatic rings. The van der Waals surface area contributed by atoms with Gasteiger partial charge in [0.05, 0.1) is 5.69 Å². The van der Waals surface area contributed by atoms with Gasteiger partial charge in [-0.1, -0.05) is 38.5 Å². The number of fused-ring (bicyclic) bond motifs is 1. The molecule has 1 atom stereocenters. The van der Waals surface area contributed by atoms with Crippen LogP contribution in [0.3, 0.4) is 0 Å². The van der Waals surface area contributed by atoms with Gasteiger partial charge in [-0.15, -0.1) is 0 Å². The van der Waals surface area contributed by atoms with Gasteiger partial charge in [-0.3, -0.25) is 9.20 Å². The Hall–Kier alpha value is -3.61. The lowest BCUT2D eigenvalue weighted by Gasteiger charge is -2.10. The molecule has 3 aromatic heterocycles. The Balaban J connectivity index is 1.65. The summed E-state index contributed by atoms with van der Waals surface area (Å²) in [6.07, 6.45) is 8.13. The number of rotatable bonds is 7. The highest BCUT2D eigenvalue weighted by Crippen LogP contribution is 2.30. The van der Waals surface area contributed by atoms with E-state index >= 15 is 0 Å². The lowest BCUT2D eigenvalue weighted by atomic mass is 9.97. The molecule has 0 bridgehead atoms. The minimum atomic E-state index is -0.203. The average molecular weight is 400 g/mol. The summed E-state index contributed by atoms with van der Waals surface area (Å²) in [6.45, 7) is 4.37. The highest BCUT2D eigenvalue weighted by molar-refractivity contribution is 6.03. The molecule has 0 aliphatic rings. The Kier molecular flexibility index (Phi) is 5.79. The third-order valence-electron chi connectivity index (χ3n) is 5.17. The number of carbonyl (C=O) groups is 1. The minimum Gasteiger partial charge on any atom is -0.307 e. The highest BCUT2D eigenvalue weighted by atomic mass is 16.1. The monoisotopic (exact) mass is 400 g/mol. The summed E-state index contributed by atoms with van der Waals surface area (Å²) >= 11 is 0. The predicted octanol–water partition coefficient (Wildman–Crippen LogP) is 4.73. The van der Waals surface area contributed by atoms with E-state index in [2.05, 4.69) is 34.1 Å². The number of imidazole rings is 1. The number of hydrogen-bond donors (Lipinski definition) is 1. The second-order valence-corrected chi connectivity index (χ2v) is 7.16. The molecule has 1 aromatic carbocycles. The van der Waals surface area contributed by atoms with Crippen molar-refractivity contribution >= 4 is 17.4 Å². The SMILES string of the molecule is CCCC(CC)c1nc(-c2ccc(C(=O)Nc3ccccn3)cc2)n2cncnc12. The van der Waals surface area contributed by atoms with Gasteiger partial charge in [-0.2, -0.15) is 0 Å². The molecule has 7 nitrogen and oxygen atoms in total. The van der Waals surface area contributed by atoms with E-state index in [1.165, 1.54) is 0 Å². The van der Waals surface area contributed by atoms with Gasteiger partial charge in [0.2, 0.25) is 0 Å². The number of anilines is 1. The minimum absolute atomic E-state index is 0.203. The maximum Gasteiger partial charge on any atom is 0.256 e. The van der Waals surface area contributed by atoms with E-state index in [0.717, 1.165) is 42.0 Å². The van der Waals surface area contributed by atoms with Gasteiger partial charge in [-0.05, 0) is 37.1 Å². The maximum absolute atomic E-state index is 12.5. The standard InChI is InChI=1S/C23H24N6O/c1-3-7-16(4-2)20-22-26-14-24-15-29(22)21(28-20)17-9-11-18(12-10-17)23(30)27-19-8-5-6-13-25-19/h5-6,8-16H,3-4,7H2,1-2H3,(H,25,27,30). The van der Waals surface area contributed by atoms with Gasteiger partial charge in [0.25, 0.3) is 5.91 Å². The molecule has 1 N–H and O–H groups in total. The number of carbonyl (C=O) groups excluding carboxylic acids is 1. The lowest BCUT2D eigenvalue weighted by molar-refractivity contribution is 0.102. The second-order valence-electron chi connectivity index (χ2n) is 7.16. The first-order valence-electron chi connectivity index (χ1n) is 10.2. The van der Waals surface area contributed by atoms with Gasteiger partial charge in [0.1, 0.15) is 24.3 Å². The molecule has 0 radical (unpaired) electrons. The van der Waals surface area contributed by atoms with E-state index in [1.807, 2.05) is 22.6 Å². The van der Waals surface area contributed by atoms with Gasteiger partial charge in [-0.25, -0.2) is 19.9 Å². The van der Waals surface area contributed by atoms with Crippen LogP contribution in [-0.2, 0) is 0 Å². The molecular formula is C23H24N6O. The Morgan fingerprint density at radius 3 is 2.63 bits per heavy atom.